The average Bonchev–Trinajstić information content (AvgIpc) is 2.71. The first kappa shape index (κ1) is 24.8. The molecule has 1 amide bonds. The SMILES string of the molecule is Cc1ccccc1-c1ccc(CN2CCN(C(=O)OC(C(F)(F)F)C(F)(F)F)CC2)nc1C. The minimum atomic E-state index is -5.73. The molecule has 1 saturated heterocycles. The maximum absolute atomic E-state index is 12.6. The number of pyridine rings is 1. The number of amides is 1. The summed E-state index contributed by atoms with van der Waals surface area (Å²) in [4.78, 5) is 19.3. The van der Waals surface area contributed by atoms with E-state index >= 15 is 0 Å². The molecule has 0 atom stereocenters. The van der Waals surface area contributed by atoms with Crippen LogP contribution >= 0.6 is 0 Å². The van der Waals surface area contributed by atoms with Crippen molar-refractivity contribution in [1.82, 2.24) is 14.8 Å². The van der Waals surface area contributed by atoms with Gasteiger partial charge in [0.05, 0.1) is 5.69 Å². The highest BCUT2D eigenvalue weighted by Gasteiger charge is 2.60. The molecule has 0 bridgehead atoms. The van der Waals surface area contributed by atoms with E-state index in [1.807, 2.05) is 55.1 Å². The Balaban J connectivity index is 1.58. The largest absolute Gasteiger partial charge is 0.434 e. The van der Waals surface area contributed by atoms with E-state index in [4.69, 9.17) is 0 Å². The standard InChI is InChI=1S/C22H23F6N3O2/c1-14-5-3-4-6-17(14)18-8-7-16(29-15(18)2)13-30-9-11-31(12-10-30)20(32)33-19(21(23,24)25)22(26,27)28/h3-8,19H,9-13H2,1-2H3. The van der Waals surface area contributed by atoms with Gasteiger partial charge in [-0.15, -0.1) is 0 Å². The second-order valence-corrected chi connectivity index (χ2v) is 7.86. The Morgan fingerprint density at radius 1 is 0.939 bits per heavy atom. The number of alkyl halides is 6. The lowest BCUT2D eigenvalue weighted by atomic mass is 9.99. The van der Waals surface area contributed by atoms with Crippen LogP contribution in [0.4, 0.5) is 31.1 Å². The number of aryl methyl sites for hydroxylation is 2. The lowest BCUT2D eigenvalue weighted by Gasteiger charge is -2.35. The predicted octanol–water partition coefficient (Wildman–Crippen LogP) is 5.11. The van der Waals surface area contributed by atoms with Crippen LogP contribution in [-0.4, -0.2) is 65.5 Å². The number of nitrogens with zero attached hydrogens (tertiary/aromatic N) is 3. The van der Waals surface area contributed by atoms with Crippen molar-refractivity contribution < 1.29 is 35.9 Å². The molecule has 0 spiro atoms. The number of hydrogen-bond donors (Lipinski definition) is 0. The molecule has 0 radical (unpaired) electrons. The number of carbonyl (C=O) groups is 1. The second kappa shape index (κ2) is 9.58. The van der Waals surface area contributed by atoms with Gasteiger partial charge in [-0.3, -0.25) is 9.88 Å². The third-order valence-corrected chi connectivity index (χ3v) is 5.41. The van der Waals surface area contributed by atoms with Crippen molar-refractivity contribution >= 4 is 6.09 Å². The zero-order chi connectivity index (χ0) is 24.4. The molecule has 1 aromatic carbocycles. The second-order valence-electron chi connectivity index (χ2n) is 7.86. The summed E-state index contributed by atoms with van der Waals surface area (Å²) in [6, 6.07) is 11.8. The molecule has 180 valence electrons. The lowest BCUT2D eigenvalue weighted by Crippen LogP contribution is -2.52. The van der Waals surface area contributed by atoms with Crippen LogP contribution < -0.4 is 0 Å². The third kappa shape index (κ3) is 6.16. The molecule has 1 aliphatic rings. The van der Waals surface area contributed by atoms with E-state index in [0.717, 1.165) is 33.0 Å². The molecule has 1 aromatic heterocycles. The summed E-state index contributed by atoms with van der Waals surface area (Å²) in [6.45, 7) is 4.76. The summed E-state index contributed by atoms with van der Waals surface area (Å²) in [7, 11) is 0. The van der Waals surface area contributed by atoms with Gasteiger partial charge in [0.2, 0.25) is 0 Å². The number of piperazine rings is 1. The highest BCUT2D eigenvalue weighted by molar-refractivity contribution is 5.69. The number of rotatable bonds is 4. The van der Waals surface area contributed by atoms with E-state index in [2.05, 4.69) is 9.72 Å². The highest BCUT2D eigenvalue weighted by Crippen LogP contribution is 2.36. The first-order valence-electron chi connectivity index (χ1n) is 10.2. The van der Waals surface area contributed by atoms with Gasteiger partial charge in [0.15, 0.2) is 0 Å². The van der Waals surface area contributed by atoms with Gasteiger partial charge in [0.25, 0.3) is 6.10 Å². The molecule has 1 aliphatic heterocycles. The van der Waals surface area contributed by atoms with Gasteiger partial charge < -0.3 is 9.64 Å². The van der Waals surface area contributed by atoms with Gasteiger partial charge in [-0.25, -0.2) is 4.79 Å². The molecular weight excluding hydrogens is 452 g/mol. The fraction of sp³-hybridized carbons (Fsp3) is 0.455. The van der Waals surface area contributed by atoms with Gasteiger partial charge in [-0.2, -0.15) is 26.3 Å². The molecule has 0 unspecified atom stereocenters. The normalized spacial score (nSPS) is 15.7. The summed E-state index contributed by atoms with van der Waals surface area (Å²) in [5.41, 5.74) is 4.83. The number of aromatic nitrogens is 1. The average molecular weight is 475 g/mol. The van der Waals surface area contributed by atoms with E-state index < -0.39 is 24.5 Å². The zero-order valence-electron chi connectivity index (χ0n) is 18.0. The monoisotopic (exact) mass is 475 g/mol. The van der Waals surface area contributed by atoms with Crippen molar-refractivity contribution in [2.24, 2.45) is 0 Å². The van der Waals surface area contributed by atoms with Crippen molar-refractivity contribution in [3.8, 4) is 11.1 Å². The van der Waals surface area contributed by atoms with Gasteiger partial charge in [0.1, 0.15) is 0 Å². The number of carbonyl (C=O) groups excluding carboxylic acids is 1. The summed E-state index contributed by atoms with van der Waals surface area (Å²) in [5, 5.41) is 0. The van der Waals surface area contributed by atoms with Crippen LogP contribution in [0.25, 0.3) is 11.1 Å². The summed E-state index contributed by atoms with van der Waals surface area (Å²) in [5.74, 6) is 0. The van der Waals surface area contributed by atoms with E-state index in [1.165, 1.54) is 0 Å². The number of hydrogen-bond acceptors (Lipinski definition) is 4. The van der Waals surface area contributed by atoms with Crippen LogP contribution in [-0.2, 0) is 11.3 Å². The summed E-state index contributed by atoms with van der Waals surface area (Å²) >= 11 is 0. The van der Waals surface area contributed by atoms with Crippen LogP contribution in [0.2, 0.25) is 0 Å². The van der Waals surface area contributed by atoms with Crippen molar-refractivity contribution in [3.63, 3.8) is 0 Å². The van der Waals surface area contributed by atoms with E-state index in [9.17, 15) is 31.1 Å². The molecular formula is C22H23F6N3O2. The molecule has 0 saturated carbocycles. The zero-order valence-corrected chi connectivity index (χ0v) is 18.0. The Kier molecular flexibility index (Phi) is 7.20. The molecule has 0 N–H and O–H groups in total. The Morgan fingerprint density at radius 2 is 1.55 bits per heavy atom. The predicted molar refractivity (Wildman–Crippen MR) is 108 cm³/mol. The van der Waals surface area contributed by atoms with Crippen molar-refractivity contribution in [3.05, 3.63) is 53.3 Å². The maximum Gasteiger partial charge on any atom is 0.434 e. The fourth-order valence-corrected chi connectivity index (χ4v) is 3.67. The van der Waals surface area contributed by atoms with E-state index in [1.54, 1.807) is 0 Å². The van der Waals surface area contributed by atoms with Gasteiger partial charge in [0, 0.05) is 44.0 Å². The quantitative estimate of drug-likeness (QED) is 0.577. The first-order valence-corrected chi connectivity index (χ1v) is 10.2. The molecule has 5 nitrogen and oxygen atoms in total. The number of benzene rings is 1. The van der Waals surface area contributed by atoms with Crippen LogP contribution in [0.5, 0.6) is 0 Å². The first-order chi connectivity index (χ1) is 15.4. The topological polar surface area (TPSA) is 45.7 Å². The summed E-state index contributed by atoms with van der Waals surface area (Å²) in [6.07, 6.45) is -17.2. The Hall–Kier alpha value is -2.82. The van der Waals surface area contributed by atoms with Crippen LogP contribution in [0.15, 0.2) is 36.4 Å². The minimum Gasteiger partial charge on any atom is -0.426 e. The highest BCUT2D eigenvalue weighted by atomic mass is 19.4. The van der Waals surface area contributed by atoms with Crippen LogP contribution in [0.3, 0.4) is 0 Å². The smallest absolute Gasteiger partial charge is 0.426 e. The third-order valence-electron chi connectivity index (χ3n) is 5.41. The fourth-order valence-electron chi connectivity index (χ4n) is 3.67. The van der Waals surface area contributed by atoms with Crippen LogP contribution in [0.1, 0.15) is 17.0 Å². The molecule has 0 aliphatic carbocycles. The molecule has 3 rings (SSSR count). The Morgan fingerprint density at radius 3 is 2.09 bits per heavy atom. The lowest BCUT2D eigenvalue weighted by molar-refractivity contribution is -0.308. The molecule has 1 fully saturated rings. The van der Waals surface area contributed by atoms with Crippen molar-refractivity contribution in [2.75, 3.05) is 26.2 Å². The number of ether oxygens (including phenoxy) is 1. The Bertz CT molecular complexity index is 971. The molecule has 11 heteroatoms. The van der Waals surface area contributed by atoms with Gasteiger partial charge in [-0.1, -0.05) is 30.3 Å². The van der Waals surface area contributed by atoms with Gasteiger partial charge in [-0.05, 0) is 31.0 Å². The summed E-state index contributed by atoms with van der Waals surface area (Å²) < 4.78 is 79.4. The molecule has 33 heavy (non-hydrogen) atoms. The molecule has 2 aromatic rings. The molecule has 2 heterocycles. The van der Waals surface area contributed by atoms with Crippen molar-refractivity contribution in [1.29, 1.82) is 0 Å². The number of halogens is 6. The van der Waals surface area contributed by atoms with Gasteiger partial charge >= 0.3 is 18.4 Å². The van der Waals surface area contributed by atoms with E-state index in [-0.39, 0.29) is 26.2 Å². The maximum atomic E-state index is 12.6. The van der Waals surface area contributed by atoms with E-state index in [0.29, 0.717) is 6.54 Å². The van der Waals surface area contributed by atoms with Crippen LogP contribution in [0, 0.1) is 13.8 Å². The Labute approximate surface area is 187 Å². The van der Waals surface area contributed by atoms with Crippen molar-refractivity contribution in [2.45, 2.75) is 38.8 Å². The minimum absolute atomic E-state index is 0.0540.